The summed E-state index contributed by atoms with van der Waals surface area (Å²) in [7, 11) is 1.61. The molecule has 1 spiro atoms. The second-order valence-corrected chi connectivity index (χ2v) is 5.76. The molecule has 5 heteroatoms. The van der Waals surface area contributed by atoms with Crippen molar-refractivity contribution < 1.29 is 9.68 Å². The predicted molar refractivity (Wildman–Crippen MR) is 85.4 cm³/mol. The van der Waals surface area contributed by atoms with Gasteiger partial charge in [-0.05, 0) is 43.0 Å². The van der Waals surface area contributed by atoms with E-state index in [0.717, 1.165) is 36.2 Å². The lowest BCUT2D eigenvalue weighted by atomic mass is 9.87. The predicted octanol–water partition coefficient (Wildman–Crippen LogP) is 3.07. The van der Waals surface area contributed by atoms with E-state index in [1.54, 1.807) is 7.11 Å². The van der Waals surface area contributed by atoms with Crippen LogP contribution in [0.5, 0.6) is 0 Å². The Labute approximate surface area is 135 Å². The molecule has 0 bridgehead atoms. The molecule has 0 fully saturated rings. The Morgan fingerprint density at radius 2 is 2.32 bits per heavy atom. The van der Waals surface area contributed by atoms with Crippen LogP contribution in [0.4, 0.5) is 0 Å². The Morgan fingerprint density at radius 1 is 1.41 bits per heavy atom. The molecule has 114 valence electrons. The number of nitrogens with one attached hydrogen (secondary N) is 2. The van der Waals surface area contributed by atoms with Crippen LogP contribution in [0.15, 0.2) is 47.8 Å². The van der Waals surface area contributed by atoms with E-state index in [1.165, 1.54) is 0 Å². The summed E-state index contributed by atoms with van der Waals surface area (Å²) in [5, 5.41) is 0.684. The van der Waals surface area contributed by atoms with Crippen molar-refractivity contribution in [1.82, 2.24) is 11.0 Å². The molecular weight excluding hydrogens is 300 g/mol. The lowest BCUT2D eigenvalue weighted by molar-refractivity contribution is -0.0464. The van der Waals surface area contributed by atoms with Gasteiger partial charge >= 0.3 is 0 Å². The topological polar surface area (TPSA) is 42.5 Å². The number of halogens is 1. The number of hydrogen-bond acceptors (Lipinski definition) is 4. The lowest BCUT2D eigenvalue weighted by Gasteiger charge is -2.28. The minimum Gasteiger partial charge on any atom is -0.280 e. The summed E-state index contributed by atoms with van der Waals surface area (Å²) in [5.41, 5.74) is 8.25. The summed E-state index contributed by atoms with van der Waals surface area (Å²) in [6.07, 6.45) is 6.70. The van der Waals surface area contributed by atoms with Gasteiger partial charge in [-0.2, -0.15) is 0 Å². The van der Waals surface area contributed by atoms with E-state index < -0.39 is 0 Å². The molecule has 0 aromatic heterocycles. The fourth-order valence-corrected chi connectivity index (χ4v) is 2.73. The Balaban J connectivity index is 1.71. The third-order valence-corrected chi connectivity index (χ3v) is 3.92. The first-order chi connectivity index (χ1) is 10.7. The zero-order valence-corrected chi connectivity index (χ0v) is 13.0. The fraction of sp³-hybridized carbons (Fsp3) is 0.294. The summed E-state index contributed by atoms with van der Waals surface area (Å²) in [6.45, 7) is 0. The molecule has 1 atom stereocenters. The maximum atomic E-state index is 5.95. The summed E-state index contributed by atoms with van der Waals surface area (Å²) < 4.78 is 0. The van der Waals surface area contributed by atoms with E-state index >= 15 is 0 Å². The van der Waals surface area contributed by atoms with Crippen LogP contribution in [0, 0.1) is 11.8 Å². The zero-order chi connectivity index (χ0) is 15.4. The largest absolute Gasteiger partial charge is 0.280 e. The Hall–Kier alpha value is -1.93. The highest BCUT2D eigenvalue weighted by molar-refractivity contribution is 6.30. The highest BCUT2D eigenvalue weighted by Crippen LogP contribution is 2.34. The summed E-state index contributed by atoms with van der Waals surface area (Å²) in [5.74, 6) is 6.17. The van der Waals surface area contributed by atoms with Gasteiger partial charge in [0.1, 0.15) is 11.3 Å². The van der Waals surface area contributed by atoms with Crippen molar-refractivity contribution in [2.75, 3.05) is 7.11 Å². The molecule has 0 saturated carbocycles. The van der Waals surface area contributed by atoms with E-state index in [0.29, 0.717) is 5.02 Å². The van der Waals surface area contributed by atoms with Gasteiger partial charge in [0.2, 0.25) is 0 Å². The van der Waals surface area contributed by atoms with Crippen molar-refractivity contribution >= 4 is 11.6 Å². The maximum absolute atomic E-state index is 5.95. The van der Waals surface area contributed by atoms with Crippen LogP contribution in [0.2, 0.25) is 5.02 Å². The summed E-state index contributed by atoms with van der Waals surface area (Å²) >= 11 is 5.95. The van der Waals surface area contributed by atoms with E-state index in [2.05, 4.69) is 35.0 Å². The van der Waals surface area contributed by atoms with Crippen LogP contribution in [0.3, 0.4) is 0 Å². The molecule has 1 aromatic carbocycles. The van der Waals surface area contributed by atoms with Crippen molar-refractivity contribution in [1.29, 1.82) is 0 Å². The molecule has 1 aliphatic heterocycles. The minimum absolute atomic E-state index is 0.308. The Bertz CT molecular complexity index is 687. The minimum atomic E-state index is -0.308. The van der Waals surface area contributed by atoms with Gasteiger partial charge in [0, 0.05) is 22.7 Å². The van der Waals surface area contributed by atoms with Crippen LogP contribution >= 0.6 is 11.6 Å². The van der Waals surface area contributed by atoms with Gasteiger partial charge in [0.25, 0.3) is 0 Å². The van der Waals surface area contributed by atoms with Gasteiger partial charge < -0.3 is 0 Å². The third kappa shape index (κ3) is 3.45. The zero-order valence-electron chi connectivity index (χ0n) is 12.3. The van der Waals surface area contributed by atoms with Crippen molar-refractivity contribution in [3.05, 3.63) is 58.4 Å². The first-order valence-electron chi connectivity index (χ1n) is 7.12. The van der Waals surface area contributed by atoms with Crippen LogP contribution in [-0.2, 0) is 9.68 Å². The van der Waals surface area contributed by atoms with Gasteiger partial charge in [-0.15, -0.1) is 0 Å². The van der Waals surface area contributed by atoms with Crippen molar-refractivity contribution in [3.8, 4) is 11.8 Å². The number of benzene rings is 1. The average molecular weight is 317 g/mol. The molecule has 4 nitrogen and oxygen atoms in total. The molecule has 0 saturated heterocycles. The van der Waals surface area contributed by atoms with Gasteiger partial charge in [-0.3, -0.25) is 20.6 Å². The van der Waals surface area contributed by atoms with Crippen LogP contribution in [-0.4, -0.2) is 12.7 Å². The van der Waals surface area contributed by atoms with E-state index in [4.69, 9.17) is 21.3 Å². The van der Waals surface area contributed by atoms with E-state index in [-0.39, 0.29) is 5.60 Å². The molecule has 1 heterocycles. The summed E-state index contributed by atoms with van der Waals surface area (Å²) in [4.78, 5) is 10.7. The van der Waals surface area contributed by atoms with Crippen LogP contribution < -0.4 is 11.0 Å². The third-order valence-electron chi connectivity index (χ3n) is 3.68. The van der Waals surface area contributed by atoms with Gasteiger partial charge in [-0.1, -0.05) is 29.7 Å². The van der Waals surface area contributed by atoms with Crippen LogP contribution in [0.1, 0.15) is 24.8 Å². The number of hydrogen-bond donors (Lipinski definition) is 2. The van der Waals surface area contributed by atoms with E-state index in [9.17, 15) is 0 Å². The van der Waals surface area contributed by atoms with Crippen molar-refractivity contribution in [2.24, 2.45) is 0 Å². The highest BCUT2D eigenvalue weighted by atomic mass is 35.5. The molecule has 1 unspecified atom stereocenters. The highest BCUT2D eigenvalue weighted by Gasteiger charge is 2.36. The van der Waals surface area contributed by atoms with Gasteiger partial charge in [0.05, 0.1) is 7.11 Å². The molecule has 22 heavy (non-hydrogen) atoms. The van der Waals surface area contributed by atoms with Gasteiger partial charge in [-0.25, -0.2) is 0 Å². The molecule has 0 amide bonds. The molecule has 1 aromatic rings. The van der Waals surface area contributed by atoms with Crippen molar-refractivity contribution in [2.45, 2.75) is 24.9 Å². The number of allylic oxidation sites excluding steroid dienone is 2. The molecule has 1 aliphatic carbocycles. The molecule has 0 radical (unpaired) electrons. The molecular formula is C17H17ClN2O2. The van der Waals surface area contributed by atoms with E-state index in [1.807, 2.05) is 24.3 Å². The van der Waals surface area contributed by atoms with Gasteiger partial charge in [0.15, 0.2) is 0 Å². The summed E-state index contributed by atoms with van der Waals surface area (Å²) in [6, 6.07) is 7.48. The molecule has 3 rings (SSSR count). The lowest BCUT2D eigenvalue weighted by Crippen LogP contribution is -2.33. The quantitative estimate of drug-likeness (QED) is 0.650. The van der Waals surface area contributed by atoms with Crippen molar-refractivity contribution in [3.63, 3.8) is 0 Å². The second kappa shape index (κ2) is 6.45. The number of rotatable bonds is 2. The second-order valence-electron chi connectivity index (χ2n) is 5.33. The smallest absolute Gasteiger partial charge is 0.121 e. The maximum Gasteiger partial charge on any atom is 0.121 e. The Kier molecular flexibility index (Phi) is 4.39. The molecule has 2 aliphatic rings. The SMILES string of the molecule is CONC1=CCC2(C=C(C#Cc3cccc(Cl)c3)NO2)CC1. The normalized spacial score (nSPS) is 23.2. The monoisotopic (exact) mass is 316 g/mol. The Morgan fingerprint density at radius 3 is 3.05 bits per heavy atom. The first-order valence-corrected chi connectivity index (χ1v) is 7.49. The molecule has 2 N–H and O–H groups in total. The fourth-order valence-electron chi connectivity index (χ4n) is 2.54. The standard InChI is InChI=1S/C17H17ClN2O2/c1-21-19-15-7-9-17(10-8-15)12-16(20-22-17)6-5-13-3-2-4-14(18)11-13/h2-4,7,11-12,19-20H,8-10H2,1H3. The van der Waals surface area contributed by atoms with Crippen LogP contribution in [0.25, 0.3) is 0 Å². The number of hydroxylamine groups is 2. The average Bonchev–Trinajstić information content (AvgIpc) is 2.91. The first kappa shape index (κ1) is 15.0.